The van der Waals surface area contributed by atoms with Crippen LogP contribution in [0.4, 0.5) is 0 Å². The average Bonchev–Trinajstić information content (AvgIpc) is 2.77. The van der Waals surface area contributed by atoms with Gasteiger partial charge in [-0.3, -0.25) is 4.98 Å². The molecule has 0 aliphatic heterocycles. The summed E-state index contributed by atoms with van der Waals surface area (Å²) in [4.78, 5) is 5.47. The summed E-state index contributed by atoms with van der Waals surface area (Å²) in [6.07, 6.45) is 4.28. The average molecular weight is 270 g/mol. The van der Waals surface area contributed by atoms with Crippen LogP contribution < -0.4 is 5.32 Å². The van der Waals surface area contributed by atoms with Crippen LogP contribution in [-0.2, 0) is 11.2 Å². The van der Waals surface area contributed by atoms with Gasteiger partial charge in [-0.2, -0.15) is 0 Å². The zero-order valence-electron chi connectivity index (χ0n) is 12.2. The molecule has 0 saturated heterocycles. The van der Waals surface area contributed by atoms with Crippen LogP contribution in [0.3, 0.4) is 0 Å². The molecule has 18 heavy (non-hydrogen) atoms. The first-order valence-electron chi connectivity index (χ1n) is 6.62. The van der Waals surface area contributed by atoms with Crippen LogP contribution >= 0.6 is 11.3 Å². The molecule has 104 valence electrons. The molecule has 1 aromatic rings. The third-order valence-corrected chi connectivity index (χ3v) is 3.84. The number of ether oxygens (including phenoxy) is 1. The summed E-state index contributed by atoms with van der Waals surface area (Å²) in [5.74, 6) is 0. The van der Waals surface area contributed by atoms with Crippen molar-refractivity contribution in [1.82, 2.24) is 10.3 Å². The Hall–Kier alpha value is -0.450. The summed E-state index contributed by atoms with van der Waals surface area (Å²) in [5.41, 5.74) is 2.02. The van der Waals surface area contributed by atoms with Crippen LogP contribution in [0.25, 0.3) is 0 Å². The predicted octanol–water partition coefficient (Wildman–Crippen LogP) is 3.11. The second-order valence-corrected chi connectivity index (χ2v) is 6.73. The van der Waals surface area contributed by atoms with Crippen molar-refractivity contribution in [2.45, 2.75) is 52.7 Å². The molecule has 0 spiro atoms. The van der Waals surface area contributed by atoms with E-state index < -0.39 is 0 Å². The maximum absolute atomic E-state index is 5.74. The number of methoxy groups -OCH3 is 1. The van der Waals surface area contributed by atoms with E-state index in [-0.39, 0.29) is 11.5 Å². The highest BCUT2D eigenvalue weighted by Crippen LogP contribution is 2.26. The van der Waals surface area contributed by atoms with E-state index in [1.807, 2.05) is 18.8 Å². The van der Waals surface area contributed by atoms with E-state index in [1.54, 1.807) is 11.3 Å². The van der Waals surface area contributed by atoms with Gasteiger partial charge in [-0.1, -0.05) is 27.7 Å². The van der Waals surface area contributed by atoms with Gasteiger partial charge in [0.05, 0.1) is 11.6 Å². The zero-order valence-corrected chi connectivity index (χ0v) is 13.0. The number of aromatic nitrogens is 1. The third-order valence-electron chi connectivity index (χ3n) is 3.03. The van der Waals surface area contributed by atoms with Gasteiger partial charge < -0.3 is 10.1 Å². The smallest absolute Gasteiger partial charge is 0.0794 e. The molecule has 1 heterocycles. The minimum absolute atomic E-state index is 0.130. The van der Waals surface area contributed by atoms with E-state index in [9.17, 15) is 0 Å². The Balaban J connectivity index is 2.75. The molecule has 1 N–H and O–H groups in total. The molecule has 0 aromatic carbocycles. The second kappa shape index (κ2) is 7.22. The number of nitrogens with zero attached hydrogens (tertiary/aromatic N) is 1. The fraction of sp³-hybridized carbons (Fsp3) is 0.786. The summed E-state index contributed by atoms with van der Waals surface area (Å²) in [5, 5.41) is 3.62. The number of hydrogen-bond acceptors (Lipinski definition) is 4. The lowest BCUT2D eigenvalue weighted by Crippen LogP contribution is -2.49. The van der Waals surface area contributed by atoms with Crippen LogP contribution in [-0.4, -0.2) is 30.8 Å². The maximum Gasteiger partial charge on any atom is 0.0794 e. The minimum Gasteiger partial charge on any atom is -0.379 e. The van der Waals surface area contributed by atoms with Gasteiger partial charge in [0.1, 0.15) is 0 Å². The molecule has 0 radical (unpaired) electrons. The molecule has 2 unspecified atom stereocenters. The lowest BCUT2D eigenvalue weighted by atomic mass is 9.83. The van der Waals surface area contributed by atoms with Crippen molar-refractivity contribution in [2.24, 2.45) is 5.41 Å². The summed E-state index contributed by atoms with van der Waals surface area (Å²) in [7, 11) is 1.81. The number of rotatable bonds is 7. The van der Waals surface area contributed by atoms with Gasteiger partial charge in [0.15, 0.2) is 0 Å². The van der Waals surface area contributed by atoms with Crippen molar-refractivity contribution in [3.05, 3.63) is 16.6 Å². The molecule has 1 rings (SSSR count). The Morgan fingerprint density at radius 2 is 2.17 bits per heavy atom. The van der Waals surface area contributed by atoms with Crippen molar-refractivity contribution < 1.29 is 4.74 Å². The first kappa shape index (κ1) is 15.6. The highest BCUT2D eigenvalue weighted by Gasteiger charge is 2.32. The fourth-order valence-corrected chi connectivity index (χ4v) is 2.95. The fourth-order valence-electron chi connectivity index (χ4n) is 2.30. The normalized spacial score (nSPS) is 15.6. The summed E-state index contributed by atoms with van der Waals surface area (Å²) < 4.78 is 5.74. The van der Waals surface area contributed by atoms with E-state index in [1.165, 1.54) is 4.88 Å². The Labute approximate surface area is 115 Å². The monoisotopic (exact) mass is 270 g/mol. The topological polar surface area (TPSA) is 34.2 Å². The molecular weight excluding hydrogens is 244 g/mol. The maximum atomic E-state index is 5.74. The Morgan fingerprint density at radius 3 is 2.61 bits per heavy atom. The van der Waals surface area contributed by atoms with Crippen LogP contribution in [0.15, 0.2) is 11.7 Å². The van der Waals surface area contributed by atoms with Gasteiger partial charge in [-0.15, -0.1) is 11.3 Å². The first-order chi connectivity index (χ1) is 8.49. The van der Waals surface area contributed by atoms with Crippen molar-refractivity contribution in [1.29, 1.82) is 0 Å². The predicted molar refractivity (Wildman–Crippen MR) is 78.2 cm³/mol. The summed E-state index contributed by atoms with van der Waals surface area (Å²) in [6.45, 7) is 9.91. The Bertz CT molecular complexity index is 319. The van der Waals surface area contributed by atoms with E-state index in [2.05, 4.69) is 38.0 Å². The lowest BCUT2D eigenvalue weighted by Gasteiger charge is -2.36. The molecule has 0 saturated carbocycles. The van der Waals surface area contributed by atoms with Gasteiger partial charge in [-0.05, 0) is 18.4 Å². The van der Waals surface area contributed by atoms with E-state index >= 15 is 0 Å². The minimum atomic E-state index is 0.130. The van der Waals surface area contributed by atoms with Crippen LogP contribution in [0, 0.1) is 5.41 Å². The first-order valence-corrected chi connectivity index (χ1v) is 7.50. The molecule has 0 fully saturated rings. The van der Waals surface area contributed by atoms with Gasteiger partial charge >= 0.3 is 0 Å². The van der Waals surface area contributed by atoms with Gasteiger partial charge in [0.2, 0.25) is 0 Å². The highest BCUT2D eigenvalue weighted by atomic mass is 32.1. The highest BCUT2D eigenvalue weighted by molar-refractivity contribution is 7.09. The van der Waals surface area contributed by atoms with Crippen molar-refractivity contribution in [3.63, 3.8) is 0 Å². The Kier molecular flexibility index (Phi) is 6.26. The molecule has 1 aromatic heterocycles. The zero-order chi connectivity index (χ0) is 13.6. The van der Waals surface area contributed by atoms with Crippen LogP contribution in [0.5, 0.6) is 0 Å². The second-order valence-electron chi connectivity index (χ2n) is 5.75. The Morgan fingerprint density at radius 1 is 1.44 bits per heavy atom. The van der Waals surface area contributed by atoms with Crippen LogP contribution in [0.1, 0.15) is 39.0 Å². The molecule has 0 bridgehead atoms. The molecule has 0 amide bonds. The van der Waals surface area contributed by atoms with Gasteiger partial charge in [-0.25, -0.2) is 0 Å². The molecular formula is C14H26N2OS. The van der Waals surface area contributed by atoms with Crippen molar-refractivity contribution in [3.8, 4) is 0 Å². The quantitative estimate of drug-likeness (QED) is 0.826. The van der Waals surface area contributed by atoms with E-state index in [0.717, 1.165) is 19.4 Å². The largest absolute Gasteiger partial charge is 0.379 e. The third kappa shape index (κ3) is 4.67. The van der Waals surface area contributed by atoms with E-state index in [0.29, 0.717) is 6.04 Å². The molecule has 4 heteroatoms. The lowest BCUT2D eigenvalue weighted by molar-refractivity contribution is -0.0108. The number of nitrogens with one attached hydrogen (secondary N) is 1. The standard InChI is InChI=1S/C14H26N2OS/c1-6-7-16-12(8-11-9-15-10-18-11)13(17-5)14(2,3)4/h9-10,12-13,16H,6-8H2,1-5H3. The molecule has 3 nitrogen and oxygen atoms in total. The molecule has 2 atom stereocenters. The summed E-state index contributed by atoms with van der Waals surface area (Å²) in [6, 6.07) is 0.343. The number of hydrogen-bond donors (Lipinski definition) is 1. The van der Waals surface area contributed by atoms with Crippen molar-refractivity contribution >= 4 is 11.3 Å². The summed E-state index contributed by atoms with van der Waals surface area (Å²) >= 11 is 1.72. The van der Waals surface area contributed by atoms with Gasteiger partial charge in [0, 0.05) is 30.6 Å². The van der Waals surface area contributed by atoms with Gasteiger partial charge in [0.25, 0.3) is 0 Å². The SMILES string of the molecule is CCCNC(Cc1cncs1)C(OC)C(C)(C)C. The molecule has 0 aliphatic rings. The van der Waals surface area contributed by atoms with Crippen molar-refractivity contribution in [2.75, 3.05) is 13.7 Å². The van der Waals surface area contributed by atoms with Crippen LogP contribution in [0.2, 0.25) is 0 Å². The molecule has 0 aliphatic carbocycles. The number of thiazole rings is 1. The van der Waals surface area contributed by atoms with E-state index in [4.69, 9.17) is 4.74 Å².